The van der Waals surface area contributed by atoms with Crippen molar-refractivity contribution in [2.45, 2.75) is 12.8 Å². The summed E-state index contributed by atoms with van der Waals surface area (Å²) in [5, 5.41) is 0. The van der Waals surface area contributed by atoms with E-state index in [1.807, 2.05) is 18.2 Å². The summed E-state index contributed by atoms with van der Waals surface area (Å²) < 4.78 is 5.34. The van der Waals surface area contributed by atoms with Gasteiger partial charge >= 0.3 is 6.09 Å². The van der Waals surface area contributed by atoms with Crippen molar-refractivity contribution >= 4 is 6.09 Å². The maximum absolute atomic E-state index is 12.1. The second-order valence-electron chi connectivity index (χ2n) is 4.50. The van der Waals surface area contributed by atoms with Crippen LogP contribution in [0, 0.1) is 0 Å². The molecular formula is C14H15N3O2. The summed E-state index contributed by atoms with van der Waals surface area (Å²) in [5.74, 6) is 0.577. The van der Waals surface area contributed by atoms with E-state index in [1.54, 1.807) is 23.4 Å². The van der Waals surface area contributed by atoms with Gasteiger partial charge in [0.2, 0.25) is 0 Å². The van der Waals surface area contributed by atoms with Crippen LogP contribution in [0.3, 0.4) is 0 Å². The quantitative estimate of drug-likeness (QED) is 0.850. The third-order valence-electron chi connectivity index (χ3n) is 3.26. The molecule has 2 heterocycles. The van der Waals surface area contributed by atoms with Crippen LogP contribution < -0.4 is 4.74 Å². The number of fused-ring (bicyclic) bond motifs is 1. The standard InChI is InChI=1S/C14H15N3O2/c18-14(19-11-4-2-1-3-5-11)17-8-6-12-13(7-9-17)16-10-15-12/h1-5,10H,6-9H2,(H,15,16). The molecular weight excluding hydrogens is 242 g/mol. The van der Waals surface area contributed by atoms with Gasteiger partial charge in [-0.25, -0.2) is 9.78 Å². The smallest absolute Gasteiger partial charge is 0.410 e. The Balaban J connectivity index is 1.64. The minimum absolute atomic E-state index is 0.295. The van der Waals surface area contributed by atoms with Crippen LogP contribution in [0.4, 0.5) is 4.79 Å². The largest absolute Gasteiger partial charge is 0.415 e. The van der Waals surface area contributed by atoms with Gasteiger partial charge in [-0.15, -0.1) is 0 Å². The minimum atomic E-state index is -0.295. The number of nitrogens with zero attached hydrogens (tertiary/aromatic N) is 2. The lowest BCUT2D eigenvalue weighted by Crippen LogP contribution is -2.35. The molecule has 1 N–H and O–H groups in total. The van der Waals surface area contributed by atoms with Crippen molar-refractivity contribution < 1.29 is 9.53 Å². The van der Waals surface area contributed by atoms with Gasteiger partial charge < -0.3 is 14.6 Å². The summed E-state index contributed by atoms with van der Waals surface area (Å²) in [6, 6.07) is 9.14. The van der Waals surface area contributed by atoms with E-state index in [0.717, 1.165) is 24.2 Å². The fourth-order valence-electron chi connectivity index (χ4n) is 2.22. The van der Waals surface area contributed by atoms with Crippen molar-refractivity contribution in [1.29, 1.82) is 0 Å². The molecule has 0 aliphatic carbocycles. The molecule has 0 saturated carbocycles. The average molecular weight is 257 g/mol. The summed E-state index contributed by atoms with van der Waals surface area (Å²) in [4.78, 5) is 21.2. The number of aromatic nitrogens is 2. The number of nitrogens with one attached hydrogen (secondary N) is 1. The van der Waals surface area contributed by atoms with Crippen molar-refractivity contribution in [3.8, 4) is 5.75 Å². The van der Waals surface area contributed by atoms with Crippen LogP contribution in [-0.4, -0.2) is 34.1 Å². The van der Waals surface area contributed by atoms with Gasteiger partial charge in [0.25, 0.3) is 0 Å². The normalized spacial score (nSPS) is 14.6. The molecule has 0 spiro atoms. The zero-order valence-corrected chi connectivity index (χ0v) is 10.5. The summed E-state index contributed by atoms with van der Waals surface area (Å²) in [7, 11) is 0. The first kappa shape index (κ1) is 11.8. The van der Waals surface area contributed by atoms with Crippen molar-refractivity contribution in [3.63, 3.8) is 0 Å². The van der Waals surface area contributed by atoms with Crippen molar-refractivity contribution in [1.82, 2.24) is 14.9 Å². The highest BCUT2D eigenvalue weighted by Crippen LogP contribution is 2.14. The zero-order chi connectivity index (χ0) is 13.1. The Morgan fingerprint density at radius 2 is 2.00 bits per heavy atom. The number of imidazole rings is 1. The van der Waals surface area contributed by atoms with Gasteiger partial charge in [-0.05, 0) is 12.1 Å². The van der Waals surface area contributed by atoms with Gasteiger partial charge in [0, 0.05) is 31.6 Å². The molecule has 3 rings (SSSR count). The van der Waals surface area contributed by atoms with Crippen LogP contribution >= 0.6 is 0 Å². The fourth-order valence-corrected chi connectivity index (χ4v) is 2.22. The van der Waals surface area contributed by atoms with E-state index in [0.29, 0.717) is 18.8 Å². The number of aromatic amines is 1. The third-order valence-corrected chi connectivity index (χ3v) is 3.26. The van der Waals surface area contributed by atoms with Crippen LogP contribution in [0.2, 0.25) is 0 Å². The van der Waals surface area contributed by atoms with Gasteiger partial charge in [-0.2, -0.15) is 0 Å². The molecule has 0 unspecified atom stereocenters. The number of H-pyrrole nitrogens is 1. The summed E-state index contributed by atoms with van der Waals surface area (Å²) in [6.45, 7) is 1.30. The van der Waals surface area contributed by atoms with Crippen molar-refractivity contribution in [3.05, 3.63) is 48.0 Å². The Morgan fingerprint density at radius 1 is 1.21 bits per heavy atom. The Hall–Kier alpha value is -2.30. The molecule has 1 aliphatic rings. The van der Waals surface area contributed by atoms with Crippen LogP contribution in [0.5, 0.6) is 5.75 Å². The summed E-state index contributed by atoms with van der Waals surface area (Å²) in [6.07, 6.45) is 2.97. The lowest BCUT2D eigenvalue weighted by atomic mass is 10.2. The molecule has 0 bridgehead atoms. The second-order valence-corrected chi connectivity index (χ2v) is 4.50. The predicted molar refractivity (Wildman–Crippen MR) is 70.0 cm³/mol. The first-order valence-corrected chi connectivity index (χ1v) is 6.36. The molecule has 0 radical (unpaired) electrons. The molecule has 19 heavy (non-hydrogen) atoms. The van der Waals surface area contributed by atoms with Crippen LogP contribution in [0.25, 0.3) is 0 Å². The Bertz CT molecular complexity index is 543. The van der Waals surface area contributed by atoms with E-state index in [4.69, 9.17) is 4.74 Å². The number of carbonyl (C=O) groups is 1. The van der Waals surface area contributed by atoms with E-state index >= 15 is 0 Å². The maximum atomic E-state index is 12.1. The molecule has 98 valence electrons. The van der Waals surface area contributed by atoms with E-state index < -0.39 is 0 Å². The van der Waals surface area contributed by atoms with Crippen molar-refractivity contribution in [2.24, 2.45) is 0 Å². The van der Waals surface area contributed by atoms with E-state index in [-0.39, 0.29) is 6.09 Å². The van der Waals surface area contributed by atoms with Crippen LogP contribution in [0.1, 0.15) is 11.4 Å². The second kappa shape index (κ2) is 5.14. The summed E-state index contributed by atoms with van der Waals surface area (Å²) in [5.41, 5.74) is 2.17. The lowest BCUT2D eigenvalue weighted by Gasteiger charge is -2.19. The van der Waals surface area contributed by atoms with Crippen molar-refractivity contribution in [2.75, 3.05) is 13.1 Å². The predicted octanol–water partition coefficient (Wildman–Crippen LogP) is 2.01. The fraction of sp³-hybridized carbons (Fsp3) is 0.286. The number of carbonyl (C=O) groups excluding carboxylic acids is 1. The van der Waals surface area contributed by atoms with E-state index in [2.05, 4.69) is 9.97 Å². The molecule has 0 saturated heterocycles. The molecule has 1 aliphatic heterocycles. The molecule has 0 atom stereocenters. The van der Waals surface area contributed by atoms with E-state index in [1.165, 1.54) is 0 Å². The first-order valence-electron chi connectivity index (χ1n) is 6.36. The number of para-hydroxylation sites is 1. The number of hydrogen-bond acceptors (Lipinski definition) is 3. The molecule has 5 nitrogen and oxygen atoms in total. The Kier molecular flexibility index (Phi) is 3.18. The number of amides is 1. The molecule has 1 aromatic carbocycles. The minimum Gasteiger partial charge on any atom is -0.410 e. The number of hydrogen-bond donors (Lipinski definition) is 1. The van der Waals surface area contributed by atoms with Gasteiger partial charge in [-0.3, -0.25) is 0 Å². The Morgan fingerprint density at radius 3 is 2.84 bits per heavy atom. The molecule has 0 fully saturated rings. The average Bonchev–Trinajstić information content (AvgIpc) is 2.78. The SMILES string of the molecule is O=C(Oc1ccccc1)N1CCc2nc[nH]c2CC1. The molecule has 2 aromatic rings. The van der Waals surface area contributed by atoms with Gasteiger partial charge in [0.05, 0.1) is 12.0 Å². The number of benzene rings is 1. The molecule has 1 aromatic heterocycles. The van der Waals surface area contributed by atoms with Crippen LogP contribution in [-0.2, 0) is 12.8 Å². The highest BCUT2D eigenvalue weighted by molar-refractivity contribution is 5.70. The first-order chi connectivity index (χ1) is 9.33. The lowest BCUT2D eigenvalue weighted by molar-refractivity contribution is 0.154. The maximum Gasteiger partial charge on any atom is 0.415 e. The van der Waals surface area contributed by atoms with Gasteiger partial charge in [-0.1, -0.05) is 18.2 Å². The van der Waals surface area contributed by atoms with Gasteiger partial charge in [0.15, 0.2) is 0 Å². The number of rotatable bonds is 1. The highest BCUT2D eigenvalue weighted by Gasteiger charge is 2.21. The topological polar surface area (TPSA) is 58.2 Å². The molecule has 1 amide bonds. The third kappa shape index (κ3) is 2.59. The number of ether oxygens (including phenoxy) is 1. The van der Waals surface area contributed by atoms with Crippen LogP contribution in [0.15, 0.2) is 36.7 Å². The zero-order valence-electron chi connectivity index (χ0n) is 10.5. The summed E-state index contributed by atoms with van der Waals surface area (Å²) >= 11 is 0. The monoisotopic (exact) mass is 257 g/mol. The highest BCUT2D eigenvalue weighted by atomic mass is 16.6. The Labute approximate surface area is 111 Å². The molecule has 5 heteroatoms. The van der Waals surface area contributed by atoms with Gasteiger partial charge in [0.1, 0.15) is 5.75 Å². The van der Waals surface area contributed by atoms with E-state index in [9.17, 15) is 4.79 Å².